The van der Waals surface area contributed by atoms with E-state index in [9.17, 15) is 0 Å². The van der Waals surface area contributed by atoms with Gasteiger partial charge in [0.05, 0.1) is 0 Å². The third-order valence-corrected chi connectivity index (χ3v) is 4.03. The van der Waals surface area contributed by atoms with Crippen LogP contribution in [0.2, 0.25) is 10.6 Å². The lowest BCUT2D eigenvalue weighted by Crippen LogP contribution is -3.62. The molecule has 0 amide bonds. The van der Waals surface area contributed by atoms with Crippen LogP contribution in [0, 0.1) is 0 Å². The molecule has 0 spiro atoms. The van der Waals surface area contributed by atoms with Crippen molar-refractivity contribution in [1.82, 2.24) is 0 Å². The molecule has 0 bridgehead atoms. The van der Waals surface area contributed by atoms with E-state index in [4.69, 9.17) is 0 Å². The Labute approximate surface area is 90.3 Å². The van der Waals surface area contributed by atoms with Crippen molar-refractivity contribution in [3.63, 3.8) is 0 Å². The monoisotopic (exact) mass is 197 g/mol. The van der Waals surface area contributed by atoms with Crippen LogP contribution < -0.4 is 9.44 Å². The lowest BCUT2D eigenvalue weighted by molar-refractivity contribution is -0.908. The molecule has 2 atom stereocenters. The third-order valence-electron chi connectivity index (χ3n) is 4.03. The Morgan fingerprint density at radius 2 is 1.21 bits per heavy atom. The van der Waals surface area contributed by atoms with Crippen LogP contribution in [0.15, 0.2) is 0 Å². The van der Waals surface area contributed by atoms with Gasteiger partial charge in [-0.05, 0) is 14.1 Å². The van der Waals surface area contributed by atoms with Gasteiger partial charge in [-0.1, -0.05) is 52.2 Å². The van der Waals surface area contributed by atoms with Gasteiger partial charge in [-0.2, -0.15) is 0 Å². The predicted molar refractivity (Wildman–Crippen MR) is 66.1 cm³/mol. The van der Waals surface area contributed by atoms with E-state index in [1.807, 2.05) is 0 Å². The van der Waals surface area contributed by atoms with E-state index in [0.717, 1.165) is 6.98 Å². The van der Waals surface area contributed by atoms with Crippen molar-refractivity contribution in [3.8, 4) is 0 Å². The third kappa shape index (κ3) is 1.87. The molecule has 1 aliphatic heterocycles. The van der Waals surface area contributed by atoms with Crippen molar-refractivity contribution in [3.05, 3.63) is 0 Å². The molecule has 83 valence electrons. The van der Waals surface area contributed by atoms with Crippen LogP contribution in [0.4, 0.5) is 0 Å². The van der Waals surface area contributed by atoms with Crippen LogP contribution in [0.3, 0.4) is 0 Å². The van der Waals surface area contributed by atoms with E-state index in [1.54, 1.807) is 9.44 Å². The zero-order valence-corrected chi connectivity index (χ0v) is 11.3. The summed E-state index contributed by atoms with van der Waals surface area (Å²) in [6, 6.07) is 0. The molecule has 1 aliphatic rings. The molecular weight excluding hydrogens is 170 g/mol. The molecule has 0 aromatic heterocycles. The van der Waals surface area contributed by atoms with E-state index in [1.165, 1.54) is 0 Å². The smallest absolute Gasteiger partial charge is 0.326 e. The summed E-state index contributed by atoms with van der Waals surface area (Å²) in [5, 5.41) is 0.929. The molecule has 0 aromatic rings. The first-order valence-electron chi connectivity index (χ1n) is 5.93. The van der Waals surface area contributed by atoms with E-state index < -0.39 is 0 Å². The van der Waals surface area contributed by atoms with Crippen molar-refractivity contribution in [2.45, 2.75) is 52.2 Å². The van der Waals surface area contributed by atoms with Crippen LogP contribution >= 0.6 is 0 Å². The number of quaternary nitrogens is 2. The molecule has 0 aromatic carbocycles. The number of hydrogen-bond donors (Lipinski definition) is 2. The SMILES string of the molecule is C[NH+]1[B-](C(C)(C)C)[NH+](C)[BH-]1C(C)(C)C. The highest BCUT2D eigenvalue weighted by Crippen LogP contribution is 2.27. The second-order valence-electron chi connectivity index (χ2n) is 7.58. The minimum Gasteiger partial charge on any atom is -0.650 e. The fourth-order valence-corrected chi connectivity index (χ4v) is 4.29. The van der Waals surface area contributed by atoms with Gasteiger partial charge < -0.3 is 9.44 Å². The molecule has 1 fully saturated rings. The number of rotatable bonds is 0. The number of nitrogens with one attached hydrogen (secondary N) is 2. The van der Waals surface area contributed by atoms with Gasteiger partial charge in [0.25, 0.3) is 0 Å². The molecule has 1 rings (SSSR count). The molecule has 0 aliphatic carbocycles. The molecule has 1 heterocycles. The van der Waals surface area contributed by atoms with Gasteiger partial charge >= 0.3 is 14.0 Å². The van der Waals surface area contributed by atoms with Crippen LogP contribution in [0.1, 0.15) is 41.5 Å². The predicted octanol–water partition coefficient (Wildman–Crippen LogP) is -0.662. The Morgan fingerprint density at radius 3 is 1.43 bits per heavy atom. The summed E-state index contributed by atoms with van der Waals surface area (Å²) in [4.78, 5) is 0. The first-order chi connectivity index (χ1) is 6.07. The molecule has 4 heteroatoms. The Bertz CT molecular complexity index is 185. The minimum atomic E-state index is -0.124. The standard InChI is InChI=1S/C10H27B2N2/c1-9(2,3)11-13(7)12(14(11)8)10(4,5)6/h11,13-14H,1-8H3. The summed E-state index contributed by atoms with van der Waals surface area (Å²) < 4.78 is 3.56. The maximum absolute atomic E-state index is 2.39. The van der Waals surface area contributed by atoms with E-state index >= 15 is 0 Å². The maximum atomic E-state index is 2.39. The summed E-state index contributed by atoms with van der Waals surface area (Å²) in [6.45, 7) is 14.9. The van der Waals surface area contributed by atoms with Crippen molar-refractivity contribution >= 4 is 14.0 Å². The quantitative estimate of drug-likeness (QED) is 0.477. The normalized spacial score (nSPS) is 35.6. The Hall–Kier alpha value is 0.0499. The summed E-state index contributed by atoms with van der Waals surface area (Å²) in [7, 11) is 4.77. The zero-order chi connectivity index (χ0) is 11.3. The zero-order valence-electron chi connectivity index (χ0n) is 11.3. The van der Waals surface area contributed by atoms with Gasteiger partial charge in [-0.25, -0.2) is 0 Å². The van der Waals surface area contributed by atoms with Crippen LogP contribution in [0.25, 0.3) is 0 Å². The van der Waals surface area contributed by atoms with E-state index in [0.29, 0.717) is 10.6 Å². The molecule has 1 radical (unpaired) electrons. The Morgan fingerprint density at radius 1 is 0.857 bits per heavy atom. The second kappa shape index (κ2) is 3.28. The second-order valence-corrected chi connectivity index (χ2v) is 7.58. The van der Waals surface area contributed by atoms with Gasteiger partial charge in [0.1, 0.15) is 0 Å². The number of hydrogen-bond acceptors (Lipinski definition) is 0. The molecule has 0 saturated carbocycles. The summed E-state index contributed by atoms with van der Waals surface area (Å²) in [5.74, 6) is 0. The Kier molecular flexibility index (Phi) is 2.84. The fourth-order valence-electron chi connectivity index (χ4n) is 4.29. The van der Waals surface area contributed by atoms with Gasteiger partial charge in [-0.3, -0.25) is 0 Å². The topological polar surface area (TPSA) is 8.88 Å². The van der Waals surface area contributed by atoms with Crippen molar-refractivity contribution in [2.75, 3.05) is 14.1 Å². The molecule has 2 nitrogen and oxygen atoms in total. The minimum absolute atomic E-state index is 0.124. The lowest BCUT2D eigenvalue weighted by atomic mass is 9.28. The van der Waals surface area contributed by atoms with E-state index in [-0.39, 0.29) is 6.98 Å². The highest BCUT2D eigenvalue weighted by atomic mass is 15.3. The van der Waals surface area contributed by atoms with Crippen molar-refractivity contribution in [2.24, 2.45) is 0 Å². The van der Waals surface area contributed by atoms with Crippen LogP contribution in [-0.2, 0) is 0 Å². The first-order valence-corrected chi connectivity index (χ1v) is 5.93. The lowest BCUT2D eigenvalue weighted by Gasteiger charge is -2.71. The molecule has 14 heavy (non-hydrogen) atoms. The van der Waals surface area contributed by atoms with Crippen LogP contribution in [-0.4, -0.2) is 28.1 Å². The largest absolute Gasteiger partial charge is 0.650 e. The van der Waals surface area contributed by atoms with E-state index in [2.05, 4.69) is 55.6 Å². The first kappa shape index (κ1) is 12.1. The van der Waals surface area contributed by atoms with Gasteiger partial charge in [-0.15, -0.1) is 0 Å². The summed E-state index contributed by atoms with van der Waals surface area (Å²) in [5.41, 5.74) is 0. The average molecular weight is 197 g/mol. The fraction of sp³-hybridized carbons (Fsp3) is 1.00. The van der Waals surface area contributed by atoms with Gasteiger partial charge in [0.2, 0.25) is 0 Å². The van der Waals surface area contributed by atoms with Crippen LogP contribution in [0.5, 0.6) is 0 Å². The maximum Gasteiger partial charge on any atom is 0.326 e. The molecular formula is C10H27B2N2. The van der Waals surface area contributed by atoms with Gasteiger partial charge in [0.15, 0.2) is 0 Å². The summed E-state index contributed by atoms with van der Waals surface area (Å²) in [6.07, 6.45) is 0. The Balaban J connectivity index is 2.76. The average Bonchev–Trinajstić information content (AvgIpc) is 1.78. The highest BCUT2D eigenvalue weighted by molar-refractivity contribution is 6.69. The van der Waals surface area contributed by atoms with Gasteiger partial charge in [0, 0.05) is 0 Å². The highest BCUT2D eigenvalue weighted by Gasteiger charge is 2.50. The van der Waals surface area contributed by atoms with Crippen molar-refractivity contribution in [1.29, 1.82) is 0 Å². The molecule has 1 saturated heterocycles. The molecule has 2 unspecified atom stereocenters. The summed E-state index contributed by atoms with van der Waals surface area (Å²) >= 11 is 0. The van der Waals surface area contributed by atoms with Crippen molar-refractivity contribution < 1.29 is 9.44 Å². The molecule has 2 N–H and O–H groups in total.